The van der Waals surface area contributed by atoms with Crippen molar-refractivity contribution in [1.29, 1.82) is 0 Å². The van der Waals surface area contributed by atoms with Crippen LogP contribution < -0.4 is 0 Å². The molecule has 0 atom stereocenters. The van der Waals surface area contributed by atoms with Crippen molar-refractivity contribution >= 4 is 33.0 Å². The van der Waals surface area contributed by atoms with Crippen molar-refractivity contribution in [1.82, 2.24) is 9.55 Å². The van der Waals surface area contributed by atoms with Crippen LogP contribution in [0.15, 0.2) is 71.1 Å². The Hall–Kier alpha value is -4.06. The van der Waals surface area contributed by atoms with E-state index in [0.29, 0.717) is 33.3 Å². The van der Waals surface area contributed by atoms with Gasteiger partial charge < -0.3 is 4.42 Å². The van der Waals surface area contributed by atoms with Gasteiger partial charge in [0.25, 0.3) is 0 Å². The molecule has 0 bridgehead atoms. The van der Waals surface area contributed by atoms with E-state index in [1.807, 2.05) is 76.2 Å². The Labute approximate surface area is 259 Å². The van der Waals surface area contributed by atoms with Crippen LogP contribution in [-0.4, -0.2) is 9.55 Å². The first kappa shape index (κ1) is 27.5. The van der Waals surface area contributed by atoms with E-state index in [4.69, 9.17) is 12.1 Å². The fourth-order valence-electron chi connectivity index (χ4n) is 6.14. The monoisotopic (exact) mass is 598 g/mol. The number of imidazole rings is 1. The molecule has 2 aromatic heterocycles. The van der Waals surface area contributed by atoms with Crippen molar-refractivity contribution in [2.75, 3.05) is 0 Å². The number of nitrogens with zero attached hydrogens (tertiary/aromatic N) is 2. The normalized spacial score (nSPS) is 13.9. The number of hydrogen-bond donors (Lipinski definition) is 0. The Bertz CT molecular complexity index is 2100. The first-order valence-corrected chi connectivity index (χ1v) is 15.1. The standard InChI is InChI=1S/C38H39F3N2O/c1-21(2)28-17-24(20-37(6,7)8)18-29(22(3)4)34(28)43-31-12-10-9-11-30(31)42-36(43)33-23(5)13-15-27-26-16-14-25(38(39,40)41)19-32(26)44-35(27)33/h9-19,21-22H,20H2,1-8H3/i20D2. The van der Waals surface area contributed by atoms with Crippen molar-refractivity contribution in [2.24, 2.45) is 5.41 Å². The summed E-state index contributed by atoms with van der Waals surface area (Å²) in [5, 5.41) is 1.32. The molecule has 4 aromatic carbocycles. The zero-order valence-corrected chi connectivity index (χ0v) is 26.4. The number of alkyl halides is 3. The molecule has 44 heavy (non-hydrogen) atoms. The average molecular weight is 599 g/mol. The molecular weight excluding hydrogens is 557 g/mol. The van der Waals surface area contributed by atoms with E-state index >= 15 is 0 Å². The molecule has 6 heteroatoms. The summed E-state index contributed by atoms with van der Waals surface area (Å²) in [6.07, 6.45) is -6.08. The number of furan rings is 1. The second-order valence-electron chi connectivity index (χ2n) is 13.4. The maximum absolute atomic E-state index is 13.6. The second-order valence-corrected chi connectivity index (χ2v) is 13.4. The predicted octanol–water partition coefficient (Wildman–Crippen LogP) is 11.8. The lowest BCUT2D eigenvalue weighted by Gasteiger charge is -2.26. The van der Waals surface area contributed by atoms with Crippen LogP contribution in [0, 0.1) is 12.3 Å². The number of halogens is 3. The van der Waals surface area contributed by atoms with Gasteiger partial charge in [-0.25, -0.2) is 4.98 Å². The molecule has 0 aliphatic rings. The number of fused-ring (bicyclic) bond motifs is 4. The minimum absolute atomic E-state index is 0.0427. The molecule has 0 saturated carbocycles. The molecule has 6 aromatic rings. The van der Waals surface area contributed by atoms with Crippen molar-refractivity contribution in [3.05, 3.63) is 94.5 Å². The van der Waals surface area contributed by atoms with Gasteiger partial charge in [-0.2, -0.15) is 13.2 Å². The third-order valence-corrected chi connectivity index (χ3v) is 8.12. The van der Waals surface area contributed by atoms with E-state index in [1.165, 1.54) is 6.07 Å². The van der Waals surface area contributed by atoms with E-state index in [9.17, 15) is 13.2 Å². The summed E-state index contributed by atoms with van der Waals surface area (Å²) in [7, 11) is 0. The Morgan fingerprint density at radius 2 is 1.50 bits per heavy atom. The van der Waals surface area contributed by atoms with Gasteiger partial charge >= 0.3 is 6.18 Å². The number of hydrogen-bond acceptors (Lipinski definition) is 2. The summed E-state index contributed by atoms with van der Waals surface area (Å²) in [4.78, 5) is 5.16. The Balaban J connectivity index is 1.74. The SMILES string of the molecule is [2H]C([2H])(c1cc(C(C)C)c(-n2c(-c3c(C)ccc4c3oc3cc(C(F)(F)F)ccc34)nc3ccccc32)c(C(C)C)c1)C(C)(C)C. The first-order valence-electron chi connectivity index (χ1n) is 16.1. The Kier molecular flexibility index (Phi) is 6.58. The van der Waals surface area contributed by atoms with Gasteiger partial charge in [0.2, 0.25) is 0 Å². The van der Waals surface area contributed by atoms with Gasteiger partial charge in [0.1, 0.15) is 17.0 Å². The second kappa shape index (κ2) is 10.5. The molecular formula is C38H39F3N2O. The molecule has 3 nitrogen and oxygen atoms in total. The van der Waals surface area contributed by atoms with E-state index < -0.39 is 23.5 Å². The molecule has 0 unspecified atom stereocenters. The number of benzene rings is 4. The predicted molar refractivity (Wildman–Crippen MR) is 175 cm³/mol. The molecule has 0 N–H and O–H groups in total. The molecule has 0 radical (unpaired) electrons. The van der Waals surface area contributed by atoms with E-state index in [2.05, 4.69) is 32.3 Å². The maximum Gasteiger partial charge on any atom is 0.416 e. The summed E-state index contributed by atoms with van der Waals surface area (Å²) in [6, 6.07) is 19.4. The average Bonchev–Trinajstić information content (AvgIpc) is 3.53. The van der Waals surface area contributed by atoms with Crippen molar-refractivity contribution in [3.63, 3.8) is 0 Å². The zero-order valence-electron chi connectivity index (χ0n) is 28.4. The molecule has 0 aliphatic carbocycles. The van der Waals surface area contributed by atoms with Crippen LogP contribution in [-0.2, 0) is 12.5 Å². The van der Waals surface area contributed by atoms with Crippen molar-refractivity contribution < 1.29 is 20.3 Å². The van der Waals surface area contributed by atoms with E-state index in [1.54, 1.807) is 0 Å². The molecule has 2 heterocycles. The van der Waals surface area contributed by atoms with Crippen LogP contribution in [0.5, 0.6) is 0 Å². The third kappa shape index (κ3) is 5.18. The van der Waals surface area contributed by atoms with Crippen LogP contribution in [0.1, 0.15) is 90.9 Å². The Morgan fingerprint density at radius 1 is 0.864 bits per heavy atom. The maximum atomic E-state index is 13.6. The van der Waals surface area contributed by atoms with Crippen molar-refractivity contribution in [2.45, 2.75) is 79.8 Å². The van der Waals surface area contributed by atoms with Gasteiger partial charge in [0, 0.05) is 13.5 Å². The van der Waals surface area contributed by atoms with Gasteiger partial charge in [0.05, 0.1) is 27.8 Å². The fourth-order valence-corrected chi connectivity index (χ4v) is 6.14. The summed E-state index contributed by atoms with van der Waals surface area (Å²) in [5.41, 5.74) is 6.02. The molecule has 0 saturated heterocycles. The molecule has 6 rings (SSSR count). The number of rotatable bonds is 5. The minimum Gasteiger partial charge on any atom is -0.455 e. The topological polar surface area (TPSA) is 31.0 Å². The number of para-hydroxylation sites is 2. The summed E-state index contributed by atoms with van der Waals surface area (Å²) < 4.78 is 67.6. The van der Waals surface area contributed by atoms with Crippen LogP contribution in [0.4, 0.5) is 13.2 Å². The van der Waals surface area contributed by atoms with E-state index in [-0.39, 0.29) is 17.4 Å². The highest BCUT2D eigenvalue weighted by Crippen LogP contribution is 2.44. The van der Waals surface area contributed by atoms with Crippen molar-refractivity contribution in [3.8, 4) is 17.1 Å². The minimum atomic E-state index is -4.49. The van der Waals surface area contributed by atoms with Gasteiger partial charge in [-0.15, -0.1) is 0 Å². The van der Waals surface area contributed by atoms with Gasteiger partial charge in [-0.05, 0) is 83.1 Å². The summed E-state index contributed by atoms with van der Waals surface area (Å²) in [5.74, 6) is 0.706. The zero-order chi connectivity index (χ0) is 33.5. The molecule has 228 valence electrons. The number of aromatic nitrogens is 2. The highest BCUT2D eigenvalue weighted by atomic mass is 19.4. The van der Waals surface area contributed by atoms with Gasteiger partial charge in [-0.3, -0.25) is 4.57 Å². The number of aryl methyl sites for hydroxylation is 1. The summed E-state index contributed by atoms with van der Waals surface area (Å²) in [6.45, 7) is 16.2. The lowest BCUT2D eigenvalue weighted by atomic mass is 9.83. The van der Waals surface area contributed by atoms with E-state index in [0.717, 1.165) is 45.5 Å². The van der Waals surface area contributed by atoms with Crippen LogP contribution >= 0.6 is 0 Å². The van der Waals surface area contributed by atoms with Crippen LogP contribution in [0.3, 0.4) is 0 Å². The lowest BCUT2D eigenvalue weighted by Crippen LogP contribution is -2.14. The molecule has 0 spiro atoms. The molecule has 0 amide bonds. The summed E-state index contributed by atoms with van der Waals surface area (Å²) >= 11 is 0. The van der Waals surface area contributed by atoms with Crippen LogP contribution in [0.2, 0.25) is 0 Å². The molecule has 0 fully saturated rings. The largest absolute Gasteiger partial charge is 0.455 e. The lowest BCUT2D eigenvalue weighted by molar-refractivity contribution is -0.137. The smallest absolute Gasteiger partial charge is 0.416 e. The van der Waals surface area contributed by atoms with Crippen LogP contribution in [0.25, 0.3) is 50.0 Å². The highest BCUT2D eigenvalue weighted by Gasteiger charge is 2.32. The highest BCUT2D eigenvalue weighted by molar-refractivity contribution is 6.10. The third-order valence-electron chi connectivity index (χ3n) is 8.12. The first-order chi connectivity index (χ1) is 21.4. The quantitative estimate of drug-likeness (QED) is 0.198. The van der Waals surface area contributed by atoms with Gasteiger partial charge in [-0.1, -0.05) is 84.9 Å². The van der Waals surface area contributed by atoms with Gasteiger partial charge in [0.15, 0.2) is 0 Å². The fraction of sp³-hybridized carbons (Fsp3) is 0.342. The molecule has 0 aliphatic heterocycles. The Morgan fingerprint density at radius 3 is 2.11 bits per heavy atom.